The molecule has 0 unspecified atom stereocenters. The average molecular weight is 380 g/mol. The minimum atomic E-state index is -0.140. The largest absolute Gasteiger partial charge is 0.385 e. The number of ketones is 1. The second-order valence-electron chi connectivity index (χ2n) is 5.90. The number of carbonyl (C=O) groups excluding carboxylic acids is 2. The lowest BCUT2D eigenvalue weighted by Crippen LogP contribution is -2.11. The third-order valence-corrected chi connectivity index (χ3v) is 4.88. The lowest BCUT2D eigenvalue weighted by molar-refractivity contribution is -0.116. The highest BCUT2D eigenvalue weighted by molar-refractivity contribution is 7.18. The Labute approximate surface area is 162 Å². The molecule has 0 aliphatic carbocycles. The fraction of sp³-hybridized carbons (Fsp3) is 0.190. The van der Waals surface area contributed by atoms with Crippen LogP contribution < -0.4 is 5.32 Å². The van der Waals surface area contributed by atoms with E-state index in [0.29, 0.717) is 40.7 Å². The van der Waals surface area contributed by atoms with Crippen molar-refractivity contribution in [2.24, 2.45) is 0 Å². The number of thiazole rings is 1. The van der Waals surface area contributed by atoms with Gasteiger partial charge in [0.15, 0.2) is 5.13 Å². The molecule has 0 saturated carbocycles. The molecule has 5 nitrogen and oxygen atoms in total. The van der Waals surface area contributed by atoms with Crippen molar-refractivity contribution in [2.75, 3.05) is 19.0 Å². The fourth-order valence-electron chi connectivity index (χ4n) is 2.60. The van der Waals surface area contributed by atoms with E-state index in [4.69, 9.17) is 4.74 Å². The van der Waals surface area contributed by atoms with Crippen LogP contribution in [0.1, 0.15) is 28.1 Å². The molecule has 3 aromatic rings. The van der Waals surface area contributed by atoms with E-state index in [0.717, 1.165) is 5.56 Å². The molecule has 0 aliphatic rings. The van der Waals surface area contributed by atoms with Gasteiger partial charge in [-0.3, -0.25) is 9.59 Å². The van der Waals surface area contributed by atoms with Gasteiger partial charge in [0.2, 0.25) is 11.7 Å². The van der Waals surface area contributed by atoms with Crippen LogP contribution in [-0.2, 0) is 9.53 Å². The maximum Gasteiger partial charge on any atom is 0.226 e. The number of methoxy groups -OCH3 is 1. The van der Waals surface area contributed by atoms with Crippen LogP contribution in [-0.4, -0.2) is 30.4 Å². The first-order valence-electron chi connectivity index (χ1n) is 8.64. The number of amides is 1. The monoisotopic (exact) mass is 380 g/mol. The Morgan fingerprint density at radius 2 is 1.70 bits per heavy atom. The number of carbonyl (C=O) groups is 2. The molecule has 1 aromatic heterocycles. The van der Waals surface area contributed by atoms with Crippen molar-refractivity contribution in [3.63, 3.8) is 0 Å². The lowest BCUT2D eigenvalue weighted by atomic mass is 10.1. The van der Waals surface area contributed by atoms with Crippen molar-refractivity contribution in [2.45, 2.75) is 12.8 Å². The van der Waals surface area contributed by atoms with Crippen LogP contribution in [0.2, 0.25) is 0 Å². The van der Waals surface area contributed by atoms with Gasteiger partial charge in [0.25, 0.3) is 0 Å². The number of anilines is 1. The highest BCUT2D eigenvalue weighted by atomic mass is 32.1. The normalized spacial score (nSPS) is 10.6. The maximum absolute atomic E-state index is 13.0. The summed E-state index contributed by atoms with van der Waals surface area (Å²) in [6.07, 6.45) is 0.977. The molecule has 27 heavy (non-hydrogen) atoms. The number of aromatic nitrogens is 1. The van der Waals surface area contributed by atoms with Gasteiger partial charge in [0, 0.05) is 31.3 Å². The van der Waals surface area contributed by atoms with E-state index < -0.39 is 0 Å². The highest BCUT2D eigenvalue weighted by Gasteiger charge is 2.21. The van der Waals surface area contributed by atoms with E-state index in [-0.39, 0.29) is 11.7 Å². The first kappa shape index (κ1) is 18.9. The quantitative estimate of drug-likeness (QED) is 0.464. The molecule has 0 bridgehead atoms. The zero-order valence-electron chi connectivity index (χ0n) is 15.0. The second-order valence-corrected chi connectivity index (χ2v) is 6.90. The molecule has 0 saturated heterocycles. The van der Waals surface area contributed by atoms with Crippen molar-refractivity contribution >= 4 is 28.2 Å². The lowest BCUT2D eigenvalue weighted by Gasteiger charge is -2.02. The zero-order chi connectivity index (χ0) is 19.1. The number of ether oxygens (including phenoxy) is 1. The van der Waals surface area contributed by atoms with E-state index in [9.17, 15) is 9.59 Å². The summed E-state index contributed by atoms with van der Waals surface area (Å²) < 4.78 is 4.97. The predicted molar refractivity (Wildman–Crippen MR) is 107 cm³/mol. The molecular weight excluding hydrogens is 360 g/mol. The van der Waals surface area contributed by atoms with Gasteiger partial charge in [-0.05, 0) is 6.42 Å². The minimum absolute atomic E-state index is 0.105. The summed E-state index contributed by atoms with van der Waals surface area (Å²) in [4.78, 5) is 30.1. The molecule has 2 aromatic carbocycles. The van der Waals surface area contributed by atoms with E-state index >= 15 is 0 Å². The fourth-order valence-corrected chi connectivity index (χ4v) is 3.56. The minimum Gasteiger partial charge on any atom is -0.385 e. The highest BCUT2D eigenvalue weighted by Crippen LogP contribution is 2.33. The molecule has 1 N–H and O–H groups in total. The SMILES string of the molecule is COCCCC(=O)Nc1nc(-c2ccccc2)c(C(=O)c2ccccc2)s1. The van der Waals surface area contributed by atoms with Gasteiger partial charge in [-0.25, -0.2) is 4.98 Å². The molecule has 1 amide bonds. The van der Waals surface area contributed by atoms with E-state index in [2.05, 4.69) is 10.3 Å². The molecule has 0 radical (unpaired) electrons. The van der Waals surface area contributed by atoms with Crippen molar-refractivity contribution < 1.29 is 14.3 Å². The van der Waals surface area contributed by atoms with Crippen LogP contribution in [0, 0.1) is 0 Å². The van der Waals surface area contributed by atoms with Crippen molar-refractivity contribution in [3.05, 3.63) is 71.1 Å². The Morgan fingerprint density at radius 1 is 1.04 bits per heavy atom. The number of nitrogens with one attached hydrogen (secondary N) is 1. The first-order chi connectivity index (χ1) is 13.2. The molecule has 0 fully saturated rings. The van der Waals surface area contributed by atoms with Crippen LogP contribution in [0.5, 0.6) is 0 Å². The predicted octanol–water partition coefficient (Wildman–Crippen LogP) is 4.41. The summed E-state index contributed by atoms with van der Waals surface area (Å²) in [5.74, 6) is -0.244. The third-order valence-electron chi connectivity index (χ3n) is 3.92. The molecule has 138 valence electrons. The molecule has 0 atom stereocenters. The van der Waals surface area contributed by atoms with Gasteiger partial charge in [-0.15, -0.1) is 0 Å². The standard InChI is InChI=1S/C21H20N2O3S/c1-26-14-8-13-17(24)22-21-23-18(15-9-4-2-5-10-15)20(27-21)19(25)16-11-6-3-7-12-16/h2-7,9-12H,8,13-14H2,1H3,(H,22,23,24). The van der Waals surface area contributed by atoms with E-state index in [1.54, 1.807) is 19.2 Å². The number of hydrogen-bond donors (Lipinski definition) is 1. The van der Waals surface area contributed by atoms with Gasteiger partial charge in [-0.2, -0.15) is 0 Å². The molecular formula is C21H20N2O3S. The Balaban J connectivity index is 1.90. The van der Waals surface area contributed by atoms with E-state index in [1.165, 1.54) is 11.3 Å². The van der Waals surface area contributed by atoms with Gasteiger partial charge in [-0.1, -0.05) is 72.0 Å². The summed E-state index contributed by atoms with van der Waals surface area (Å²) >= 11 is 1.20. The van der Waals surface area contributed by atoms with Crippen molar-refractivity contribution in [3.8, 4) is 11.3 Å². The molecule has 3 rings (SSSR count). The summed E-state index contributed by atoms with van der Waals surface area (Å²) in [6, 6.07) is 18.6. The van der Waals surface area contributed by atoms with Gasteiger partial charge >= 0.3 is 0 Å². The summed E-state index contributed by atoms with van der Waals surface area (Å²) in [5, 5.41) is 3.22. The molecule has 0 spiro atoms. The number of benzene rings is 2. The maximum atomic E-state index is 13.0. The van der Waals surface area contributed by atoms with Crippen LogP contribution in [0.25, 0.3) is 11.3 Å². The summed E-state index contributed by atoms with van der Waals surface area (Å²) in [6.45, 7) is 0.526. The van der Waals surface area contributed by atoms with Crippen LogP contribution >= 0.6 is 11.3 Å². The number of hydrogen-bond acceptors (Lipinski definition) is 5. The Bertz CT molecular complexity index is 908. The molecule has 0 aliphatic heterocycles. The van der Waals surface area contributed by atoms with Gasteiger partial charge in [0.05, 0.1) is 5.69 Å². The number of rotatable bonds is 8. The summed E-state index contributed by atoms with van der Waals surface area (Å²) in [5.41, 5.74) is 2.02. The van der Waals surface area contributed by atoms with E-state index in [1.807, 2.05) is 48.5 Å². The molecule has 6 heteroatoms. The van der Waals surface area contributed by atoms with Gasteiger partial charge < -0.3 is 10.1 Å². The Kier molecular flexibility index (Phi) is 6.46. The zero-order valence-corrected chi connectivity index (χ0v) is 15.8. The van der Waals surface area contributed by atoms with Crippen molar-refractivity contribution in [1.82, 2.24) is 4.98 Å². The van der Waals surface area contributed by atoms with Crippen LogP contribution in [0.4, 0.5) is 5.13 Å². The van der Waals surface area contributed by atoms with Crippen molar-refractivity contribution in [1.29, 1.82) is 0 Å². The Morgan fingerprint density at radius 3 is 2.37 bits per heavy atom. The summed E-state index contributed by atoms with van der Waals surface area (Å²) in [7, 11) is 1.60. The van der Waals surface area contributed by atoms with Gasteiger partial charge in [0.1, 0.15) is 4.88 Å². The third kappa shape index (κ3) is 4.87. The molecule has 1 heterocycles. The van der Waals surface area contributed by atoms with Crippen LogP contribution in [0.3, 0.4) is 0 Å². The second kappa shape index (κ2) is 9.21. The Hall–Kier alpha value is -2.83. The van der Waals surface area contributed by atoms with Crippen LogP contribution in [0.15, 0.2) is 60.7 Å². The number of nitrogens with zero attached hydrogens (tertiary/aromatic N) is 1. The smallest absolute Gasteiger partial charge is 0.226 e. The topological polar surface area (TPSA) is 68.3 Å². The average Bonchev–Trinajstić information content (AvgIpc) is 3.12. The first-order valence-corrected chi connectivity index (χ1v) is 9.45.